The van der Waals surface area contributed by atoms with Crippen LogP contribution in [0.5, 0.6) is 5.75 Å². The number of carbonyl (C=O) groups is 3. The average Bonchev–Trinajstić information content (AvgIpc) is 2.70. The molecule has 0 aliphatic rings. The highest BCUT2D eigenvalue weighted by molar-refractivity contribution is 5.98. The van der Waals surface area contributed by atoms with Crippen molar-refractivity contribution in [3.05, 3.63) is 71.0 Å². The van der Waals surface area contributed by atoms with Crippen molar-refractivity contribution in [3.63, 3.8) is 0 Å². The second-order valence-corrected chi connectivity index (χ2v) is 6.19. The molecule has 0 spiro atoms. The van der Waals surface area contributed by atoms with Gasteiger partial charge in [-0.1, -0.05) is 30.3 Å². The molecule has 0 unspecified atom stereocenters. The zero-order chi connectivity index (χ0) is 21.2. The highest BCUT2D eigenvalue weighted by Gasteiger charge is 2.09. The summed E-state index contributed by atoms with van der Waals surface area (Å²) < 4.78 is 23.4. The van der Waals surface area contributed by atoms with Crippen molar-refractivity contribution in [3.8, 4) is 5.75 Å². The third-order valence-corrected chi connectivity index (χ3v) is 4.00. The number of halogens is 1. The van der Waals surface area contributed by atoms with E-state index in [-0.39, 0.29) is 17.4 Å². The van der Waals surface area contributed by atoms with Gasteiger partial charge in [0.2, 0.25) is 5.91 Å². The number of esters is 1. The molecule has 2 aromatic carbocycles. The first kappa shape index (κ1) is 21.8. The number of rotatable bonds is 9. The number of hydrogen-bond donors (Lipinski definition) is 1. The number of benzene rings is 2. The third-order valence-electron chi connectivity index (χ3n) is 4.00. The van der Waals surface area contributed by atoms with Crippen LogP contribution in [0.15, 0.2) is 48.5 Å². The standard InChI is InChI=1S/C22H22FNO5/c1-15(25)24-12-11-16-3-7-18(8-4-16)20(26)14-29-22(27)10-6-17-5-9-21(28-2)19(23)13-17/h3-10,13H,11-12,14H2,1-2H3,(H,24,25)/b10-6+. The molecule has 2 aromatic rings. The first-order valence-electron chi connectivity index (χ1n) is 8.94. The van der Waals surface area contributed by atoms with E-state index in [1.165, 1.54) is 32.2 Å². The van der Waals surface area contributed by atoms with Crippen molar-refractivity contribution in [1.82, 2.24) is 5.32 Å². The van der Waals surface area contributed by atoms with E-state index in [2.05, 4.69) is 5.32 Å². The van der Waals surface area contributed by atoms with Crippen molar-refractivity contribution >= 4 is 23.7 Å². The summed E-state index contributed by atoms with van der Waals surface area (Å²) in [6.07, 6.45) is 3.17. The predicted molar refractivity (Wildman–Crippen MR) is 106 cm³/mol. The molecule has 0 radical (unpaired) electrons. The van der Waals surface area contributed by atoms with Gasteiger partial charge in [-0.2, -0.15) is 0 Å². The number of Topliss-reactive ketones (excluding diaryl/α,β-unsaturated/α-hetero) is 1. The molecule has 1 N–H and O–H groups in total. The van der Waals surface area contributed by atoms with E-state index in [9.17, 15) is 18.8 Å². The number of methoxy groups -OCH3 is 1. The molecule has 7 heteroatoms. The van der Waals surface area contributed by atoms with Crippen LogP contribution < -0.4 is 10.1 Å². The second-order valence-electron chi connectivity index (χ2n) is 6.19. The Bertz CT molecular complexity index is 906. The Labute approximate surface area is 168 Å². The van der Waals surface area contributed by atoms with E-state index in [1.807, 2.05) is 0 Å². The Morgan fingerprint density at radius 3 is 2.45 bits per heavy atom. The number of carbonyl (C=O) groups excluding carboxylic acids is 3. The molecule has 1 amide bonds. The number of ketones is 1. The number of ether oxygens (including phenoxy) is 2. The van der Waals surface area contributed by atoms with Gasteiger partial charge in [0.25, 0.3) is 0 Å². The van der Waals surface area contributed by atoms with E-state index < -0.39 is 18.4 Å². The maximum Gasteiger partial charge on any atom is 0.331 e. The summed E-state index contributed by atoms with van der Waals surface area (Å²) in [7, 11) is 1.36. The summed E-state index contributed by atoms with van der Waals surface area (Å²) in [6.45, 7) is 1.57. The van der Waals surface area contributed by atoms with E-state index in [0.29, 0.717) is 24.1 Å². The second kappa shape index (κ2) is 10.8. The van der Waals surface area contributed by atoms with Crippen LogP contribution in [0, 0.1) is 5.82 Å². The van der Waals surface area contributed by atoms with E-state index >= 15 is 0 Å². The van der Waals surface area contributed by atoms with Crippen LogP contribution in [-0.2, 0) is 20.7 Å². The summed E-state index contributed by atoms with van der Waals surface area (Å²) in [5.41, 5.74) is 1.85. The summed E-state index contributed by atoms with van der Waals surface area (Å²) in [5.74, 6) is -1.57. The maximum atomic E-state index is 13.6. The van der Waals surface area contributed by atoms with Crippen LogP contribution in [0.1, 0.15) is 28.4 Å². The van der Waals surface area contributed by atoms with Gasteiger partial charge in [0.05, 0.1) is 7.11 Å². The first-order valence-corrected chi connectivity index (χ1v) is 8.94. The monoisotopic (exact) mass is 399 g/mol. The van der Waals surface area contributed by atoms with E-state index in [0.717, 1.165) is 11.6 Å². The quantitative estimate of drug-likeness (QED) is 0.398. The number of amides is 1. The van der Waals surface area contributed by atoms with Gasteiger partial charge in [0, 0.05) is 25.1 Å². The Hall–Kier alpha value is -3.48. The normalized spacial score (nSPS) is 10.6. The molecule has 6 nitrogen and oxygen atoms in total. The lowest BCUT2D eigenvalue weighted by atomic mass is 10.1. The molecule has 0 aliphatic heterocycles. The maximum absolute atomic E-state index is 13.6. The summed E-state index contributed by atoms with van der Waals surface area (Å²) >= 11 is 0. The van der Waals surface area contributed by atoms with Gasteiger partial charge in [-0.3, -0.25) is 9.59 Å². The Morgan fingerprint density at radius 2 is 1.83 bits per heavy atom. The SMILES string of the molecule is COc1ccc(/C=C/C(=O)OCC(=O)c2ccc(CCNC(C)=O)cc2)cc1F. The Morgan fingerprint density at radius 1 is 1.10 bits per heavy atom. The van der Waals surface area contributed by atoms with Gasteiger partial charge in [-0.15, -0.1) is 0 Å². The van der Waals surface area contributed by atoms with Gasteiger partial charge >= 0.3 is 5.97 Å². The van der Waals surface area contributed by atoms with Crippen molar-refractivity contribution in [2.75, 3.05) is 20.3 Å². The molecule has 0 saturated carbocycles. The predicted octanol–water partition coefficient (Wildman–Crippen LogP) is 2.95. The molecular formula is C22H22FNO5. The van der Waals surface area contributed by atoms with E-state index in [4.69, 9.17) is 9.47 Å². The Balaban J connectivity index is 1.82. The summed E-state index contributed by atoms with van der Waals surface area (Å²) in [6, 6.07) is 11.1. The fourth-order valence-electron chi connectivity index (χ4n) is 2.46. The lowest BCUT2D eigenvalue weighted by Gasteiger charge is -2.05. The lowest BCUT2D eigenvalue weighted by molar-refractivity contribution is -0.136. The molecule has 0 aromatic heterocycles. The van der Waals surface area contributed by atoms with Gasteiger partial charge < -0.3 is 14.8 Å². The first-order chi connectivity index (χ1) is 13.9. The lowest BCUT2D eigenvalue weighted by Crippen LogP contribution is -2.22. The smallest absolute Gasteiger partial charge is 0.331 e. The van der Waals surface area contributed by atoms with Crippen LogP contribution in [0.3, 0.4) is 0 Å². The molecule has 152 valence electrons. The molecule has 0 heterocycles. The zero-order valence-corrected chi connectivity index (χ0v) is 16.2. The number of hydrogen-bond acceptors (Lipinski definition) is 5. The minimum atomic E-state index is -0.707. The fourth-order valence-corrected chi connectivity index (χ4v) is 2.46. The molecule has 29 heavy (non-hydrogen) atoms. The van der Waals surface area contributed by atoms with Crippen LogP contribution in [0.25, 0.3) is 6.08 Å². The van der Waals surface area contributed by atoms with E-state index in [1.54, 1.807) is 30.3 Å². The van der Waals surface area contributed by atoms with Crippen LogP contribution >= 0.6 is 0 Å². The van der Waals surface area contributed by atoms with Gasteiger partial charge in [0.15, 0.2) is 24.0 Å². The van der Waals surface area contributed by atoms with Gasteiger partial charge in [0.1, 0.15) is 0 Å². The summed E-state index contributed by atoms with van der Waals surface area (Å²) in [5, 5.41) is 2.70. The van der Waals surface area contributed by atoms with Crippen molar-refractivity contribution in [1.29, 1.82) is 0 Å². The van der Waals surface area contributed by atoms with Crippen LogP contribution in [0.4, 0.5) is 4.39 Å². The molecule has 0 atom stereocenters. The third kappa shape index (κ3) is 7.21. The highest BCUT2D eigenvalue weighted by atomic mass is 19.1. The fraction of sp³-hybridized carbons (Fsp3) is 0.227. The average molecular weight is 399 g/mol. The molecular weight excluding hydrogens is 377 g/mol. The van der Waals surface area contributed by atoms with Gasteiger partial charge in [-0.05, 0) is 35.8 Å². The minimum Gasteiger partial charge on any atom is -0.494 e. The molecule has 0 aliphatic carbocycles. The summed E-state index contributed by atoms with van der Waals surface area (Å²) in [4.78, 5) is 34.8. The highest BCUT2D eigenvalue weighted by Crippen LogP contribution is 2.18. The zero-order valence-electron chi connectivity index (χ0n) is 16.2. The molecule has 0 saturated heterocycles. The largest absolute Gasteiger partial charge is 0.494 e. The molecule has 2 rings (SSSR count). The topological polar surface area (TPSA) is 81.7 Å². The van der Waals surface area contributed by atoms with Crippen LogP contribution in [-0.4, -0.2) is 37.9 Å². The molecule has 0 bridgehead atoms. The Kier molecular flexibility index (Phi) is 8.09. The van der Waals surface area contributed by atoms with Gasteiger partial charge in [-0.25, -0.2) is 9.18 Å². The van der Waals surface area contributed by atoms with Crippen LogP contribution in [0.2, 0.25) is 0 Å². The van der Waals surface area contributed by atoms with Crippen molar-refractivity contribution in [2.45, 2.75) is 13.3 Å². The number of nitrogens with one attached hydrogen (secondary N) is 1. The van der Waals surface area contributed by atoms with Crippen molar-refractivity contribution < 1.29 is 28.2 Å². The molecule has 0 fully saturated rings. The minimum absolute atomic E-state index is 0.0928. The van der Waals surface area contributed by atoms with Crippen molar-refractivity contribution in [2.24, 2.45) is 0 Å².